The topological polar surface area (TPSA) is 50.4 Å². The van der Waals surface area contributed by atoms with Crippen molar-refractivity contribution in [1.82, 2.24) is 0 Å². The largest absolute Gasteiger partial charge is 0.508 e. The normalized spacial score (nSPS) is 11.5. The van der Waals surface area contributed by atoms with E-state index in [0.717, 1.165) is 22.1 Å². The molecule has 0 fully saturated rings. The Bertz CT molecular complexity index is 1110. The van der Waals surface area contributed by atoms with Gasteiger partial charge in [-0.2, -0.15) is 0 Å². The van der Waals surface area contributed by atoms with E-state index in [9.17, 15) is 9.90 Å². The molecule has 2 aromatic rings. The van der Waals surface area contributed by atoms with Crippen molar-refractivity contribution in [3.63, 3.8) is 0 Å². The summed E-state index contributed by atoms with van der Waals surface area (Å²) >= 11 is 0. The van der Waals surface area contributed by atoms with E-state index in [1.54, 1.807) is 18.2 Å². The molecule has 0 atom stereocenters. The number of aromatic hydroxyl groups is 1. The van der Waals surface area contributed by atoms with E-state index in [1.807, 2.05) is 12.1 Å². The van der Waals surface area contributed by atoms with Crippen LogP contribution in [0.15, 0.2) is 69.9 Å². The minimum atomic E-state index is -0.0994. The van der Waals surface area contributed by atoms with Gasteiger partial charge >= 0.3 is 0 Å². The molecule has 4 rings (SSSR count). The summed E-state index contributed by atoms with van der Waals surface area (Å²) < 4.78 is 5.89. The molecule has 0 bridgehead atoms. The SMILES string of the molecule is CC(C)c1cccc(-c2c3ccc(=O)cc-3oc3cc(O)ccc23)c1. The van der Waals surface area contributed by atoms with Crippen LogP contribution in [0, 0.1) is 0 Å². The molecule has 3 nitrogen and oxygen atoms in total. The van der Waals surface area contributed by atoms with E-state index in [2.05, 4.69) is 38.1 Å². The highest BCUT2D eigenvalue weighted by atomic mass is 16.3. The van der Waals surface area contributed by atoms with Crippen LogP contribution in [0.3, 0.4) is 0 Å². The summed E-state index contributed by atoms with van der Waals surface area (Å²) in [4.78, 5) is 11.8. The summed E-state index contributed by atoms with van der Waals surface area (Å²) in [6, 6.07) is 18.4. The molecule has 0 amide bonds. The number of hydrogen-bond acceptors (Lipinski definition) is 3. The molecule has 0 spiro atoms. The first-order chi connectivity index (χ1) is 12.0. The summed E-state index contributed by atoms with van der Waals surface area (Å²) in [7, 11) is 0. The fourth-order valence-electron chi connectivity index (χ4n) is 3.22. The van der Waals surface area contributed by atoms with E-state index < -0.39 is 0 Å². The molecule has 2 aliphatic rings. The maximum atomic E-state index is 11.8. The zero-order valence-corrected chi connectivity index (χ0v) is 14.1. The Kier molecular flexibility index (Phi) is 3.57. The number of fused-ring (bicyclic) bond motifs is 2. The van der Waals surface area contributed by atoms with Gasteiger partial charge in [0.1, 0.15) is 17.1 Å². The molecule has 3 heteroatoms. The summed E-state index contributed by atoms with van der Waals surface area (Å²) in [5.74, 6) is 1.08. The average molecular weight is 330 g/mol. The molecule has 124 valence electrons. The molecule has 2 aromatic carbocycles. The van der Waals surface area contributed by atoms with E-state index in [4.69, 9.17) is 4.42 Å². The second-order valence-corrected chi connectivity index (χ2v) is 6.60. The first kappa shape index (κ1) is 15.5. The van der Waals surface area contributed by atoms with Crippen molar-refractivity contribution < 1.29 is 9.52 Å². The van der Waals surface area contributed by atoms with Crippen LogP contribution in [-0.4, -0.2) is 5.11 Å². The van der Waals surface area contributed by atoms with Crippen LogP contribution < -0.4 is 5.43 Å². The Morgan fingerprint density at radius 2 is 1.80 bits per heavy atom. The zero-order valence-electron chi connectivity index (χ0n) is 14.1. The molecule has 0 unspecified atom stereocenters. The van der Waals surface area contributed by atoms with Crippen molar-refractivity contribution in [2.75, 3.05) is 0 Å². The highest BCUT2D eigenvalue weighted by Crippen LogP contribution is 2.41. The van der Waals surface area contributed by atoms with Crippen LogP contribution in [0.4, 0.5) is 0 Å². The Balaban J connectivity index is 2.13. The van der Waals surface area contributed by atoms with Gasteiger partial charge in [-0.3, -0.25) is 4.79 Å². The summed E-state index contributed by atoms with van der Waals surface area (Å²) in [6.45, 7) is 4.33. The predicted molar refractivity (Wildman–Crippen MR) is 100 cm³/mol. The molecule has 0 radical (unpaired) electrons. The third-order valence-electron chi connectivity index (χ3n) is 4.52. The number of phenolic OH excluding ortho intramolecular Hbond substituents is 1. The fourth-order valence-corrected chi connectivity index (χ4v) is 3.22. The monoisotopic (exact) mass is 330 g/mol. The smallest absolute Gasteiger partial charge is 0.182 e. The van der Waals surface area contributed by atoms with E-state index in [1.165, 1.54) is 11.6 Å². The van der Waals surface area contributed by atoms with Gasteiger partial charge in [-0.1, -0.05) is 38.1 Å². The van der Waals surface area contributed by atoms with E-state index >= 15 is 0 Å². The van der Waals surface area contributed by atoms with Gasteiger partial charge in [-0.05, 0) is 41.3 Å². The lowest BCUT2D eigenvalue weighted by molar-refractivity contribution is 0.474. The Morgan fingerprint density at radius 1 is 0.960 bits per heavy atom. The number of hydrogen-bond donors (Lipinski definition) is 1. The Labute approximate surface area is 145 Å². The van der Waals surface area contributed by atoms with Crippen molar-refractivity contribution in [3.05, 3.63) is 76.5 Å². The summed E-state index contributed by atoms with van der Waals surface area (Å²) in [5.41, 5.74) is 4.68. The van der Waals surface area contributed by atoms with Gasteiger partial charge in [-0.25, -0.2) is 0 Å². The van der Waals surface area contributed by atoms with Gasteiger partial charge in [0.25, 0.3) is 0 Å². The standard InChI is InChI=1S/C22H18O3/c1-13(2)14-4-3-5-15(10-14)22-18-8-6-16(23)11-20(18)25-21-12-17(24)7-9-19(21)22/h3-13,23H,1-2H3. The van der Waals surface area contributed by atoms with Gasteiger partial charge in [0.05, 0.1) is 0 Å². The summed E-state index contributed by atoms with van der Waals surface area (Å²) in [5, 5.41) is 10.7. The number of benzene rings is 3. The van der Waals surface area contributed by atoms with Crippen LogP contribution in [-0.2, 0) is 0 Å². The summed E-state index contributed by atoms with van der Waals surface area (Å²) in [6.07, 6.45) is 0. The lowest BCUT2D eigenvalue weighted by Crippen LogP contribution is -2.00. The first-order valence-electron chi connectivity index (χ1n) is 8.33. The van der Waals surface area contributed by atoms with Gasteiger partial charge in [0.15, 0.2) is 5.43 Å². The van der Waals surface area contributed by atoms with Crippen LogP contribution in [0.5, 0.6) is 5.75 Å². The van der Waals surface area contributed by atoms with Crippen molar-refractivity contribution >= 4 is 11.0 Å². The molecule has 1 aliphatic carbocycles. The van der Waals surface area contributed by atoms with Gasteiger partial charge in [0, 0.05) is 28.6 Å². The van der Waals surface area contributed by atoms with Crippen molar-refractivity contribution in [2.45, 2.75) is 19.8 Å². The molecule has 25 heavy (non-hydrogen) atoms. The van der Waals surface area contributed by atoms with E-state index in [-0.39, 0.29) is 11.2 Å². The predicted octanol–water partition coefficient (Wildman–Crippen LogP) is 5.39. The highest BCUT2D eigenvalue weighted by molar-refractivity contribution is 6.02. The van der Waals surface area contributed by atoms with Gasteiger partial charge in [-0.15, -0.1) is 0 Å². The fraction of sp³-hybridized carbons (Fsp3) is 0.136. The minimum absolute atomic E-state index is 0.0994. The Morgan fingerprint density at radius 3 is 2.60 bits per heavy atom. The molecule has 0 saturated carbocycles. The number of phenols is 1. The Hall–Kier alpha value is -3.07. The molecular formula is C22H18O3. The molecular weight excluding hydrogens is 312 g/mol. The highest BCUT2D eigenvalue weighted by Gasteiger charge is 2.18. The van der Waals surface area contributed by atoms with E-state index in [0.29, 0.717) is 17.3 Å². The first-order valence-corrected chi connectivity index (χ1v) is 8.33. The van der Waals surface area contributed by atoms with Crippen molar-refractivity contribution in [2.24, 2.45) is 0 Å². The number of rotatable bonds is 2. The minimum Gasteiger partial charge on any atom is -0.508 e. The van der Waals surface area contributed by atoms with Crippen molar-refractivity contribution in [3.8, 4) is 28.2 Å². The van der Waals surface area contributed by atoms with Crippen LogP contribution in [0.25, 0.3) is 33.4 Å². The zero-order chi connectivity index (χ0) is 17.6. The van der Waals surface area contributed by atoms with Crippen LogP contribution in [0.1, 0.15) is 25.3 Å². The van der Waals surface area contributed by atoms with Gasteiger partial charge in [0.2, 0.25) is 0 Å². The van der Waals surface area contributed by atoms with Crippen molar-refractivity contribution in [1.29, 1.82) is 0 Å². The second-order valence-electron chi connectivity index (χ2n) is 6.60. The molecule has 1 heterocycles. The van der Waals surface area contributed by atoms with Gasteiger partial charge < -0.3 is 9.52 Å². The van der Waals surface area contributed by atoms with Crippen LogP contribution >= 0.6 is 0 Å². The third kappa shape index (κ3) is 2.68. The molecule has 1 N–H and O–H groups in total. The molecule has 0 aromatic heterocycles. The lowest BCUT2D eigenvalue weighted by Gasteiger charge is -2.16. The maximum absolute atomic E-state index is 11.8. The second kappa shape index (κ2) is 5.78. The van der Waals surface area contributed by atoms with Crippen LogP contribution in [0.2, 0.25) is 0 Å². The third-order valence-corrected chi connectivity index (χ3v) is 4.52. The maximum Gasteiger partial charge on any atom is 0.182 e. The average Bonchev–Trinajstić information content (AvgIpc) is 2.59. The molecule has 0 saturated heterocycles. The molecule has 1 aliphatic heterocycles. The lowest BCUT2D eigenvalue weighted by atomic mass is 9.91. The quantitative estimate of drug-likeness (QED) is 0.501.